The first-order valence-electron chi connectivity index (χ1n) is 10.6. The number of rotatable bonds is 6. The van der Waals surface area contributed by atoms with Gasteiger partial charge in [0.25, 0.3) is 5.78 Å². The minimum atomic E-state index is -0.853. The Morgan fingerprint density at radius 2 is 1.88 bits per heavy atom. The summed E-state index contributed by atoms with van der Waals surface area (Å²) < 4.78 is 5.71. The number of hydrogen-bond acceptors (Lipinski definition) is 5. The van der Waals surface area contributed by atoms with E-state index in [1.807, 2.05) is 13.8 Å². The smallest absolute Gasteiger partial charge is 0.301 e. The van der Waals surface area contributed by atoms with Gasteiger partial charge in [-0.2, -0.15) is 0 Å². The molecule has 1 aromatic heterocycles. The van der Waals surface area contributed by atoms with Gasteiger partial charge < -0.3 is 9.84 Å². The van der Waals surface area contributed by atoms with Crippen molar-refractivity contribution in [3.8, 4) is 5.75 Å². The van der Waals surface area contributed by atoms with Gasteiger partial charge in [0.05, 0.1) is 18.2 Å². The zero-order valence-corrected chi connectivity index (χ0v) is 19.0. The van der Waals surface area contributed by atoms with E-state index in [9.17, 15) is 14.7 Å². The van der Waals surface area contributed by atoms with Crippen molar-refractivity contribution in [3.05, 3.63) is 94.1 Å². The standard InChI is InChI=1S/C26H23ClN2O4/c1-3-14-33-20-12-9-18(15-16(20)2)24(30)22-23(17-7-10-19(27)11-8-17)29(26(32)25(22)31)21-6-4-5-13-28-21/h4-13,15,23,30H,3,14H2,1-2H3/t23-/m0/s1. The van der Waals surface area contributed by atoms with Gasteiger partial charge in [-0.1, -0.05) is 36.7 Å². The third-order valence-corrected chi connectivity index (χ3v) is 5.69. The van der Waals surface area contributed by atoms with Gasteiger partial charge in [-0.15, -0.1) is 0 Å². The van der Waals surface area contributed by atoms with Gasteiger partial charge in [0, 0.05) is 16.8 Å². The van der Waals surface area contributed by atoms with E-state index in [0.29, 0.717) is 34.3 Å². The second-order valence-corrected chi connectivity index (χ2v) is 8.17. The molecule has 1 aliphatic rings. The van der Waals surface area contributed by atoms with Gasteiger partial charge in [0.1, 0.15) is 17.3 Å². The van der Waals surface area contributed by atoms with Crippen LogP contribution in [0.15, 0.2) is 72.4 Å². The Balaban J connectivity index is 1.86. The molecule has 1 N–H and O–H groups in total. The Bertz CT molecular complexity index is 1220. The summed E-state index contributed by atoms with van der Waals surface area (Å²) in [4.78, 5) is 31.8. The average molecular weight is 463 g/mol. The summed E-state index contributed by atoms with van der Waals surface area (Å²) in [6, 6.07) is 16.3. The maximum Gasteiger partial charge on any atom is 0.301 e. The largest absolute Gasteiger partial charge is 0.507 e. The number of anilines is 1. The van der Waals surface area contributed by atoms with E-state index in [4.69, 9.17) is 16.3 Å². The number of ketones is 1. The van der Waals surface area contributed by atoms with Gasteiger partial charge in [-0.05, 0) is 66.9 Å². The third-order valence-electron chi connectivity index (χ3n) is 5.44. The van der Waals surface area contributed by atoms with Crippen molar-refractivity contribution in [3.63, 3.8) is 0 Å². The van der Waals surface area contributed by atoms with Crippen molar-refractivity contribution < 1.29 is 19.4 Å². The summed E-state index contributed by atoms with van der Waals surface area (Å²) in [6.07, 6.45) is 2.42. The van der Waals surface area contributed by atoms with Crippen LogP contribution >= 0.6 is 11.6 Å². The number of pyridine rings is 1. The van der Waals surface area contributed by atoms with E-state index in [0.717, 1.165) is 12.0 Å². The highest BCUT2D eigenvalue weighted by molar-refractivity contribution is 6.51. The molecule has 2 heterocycles. The van der Waals surface area contributed by atoms with Crippen molar-refractivity contribution >= 4 is 34.9 Å². The van der Waals surface area contributed by atoms with E-state index >= 15 is 0 Å². The SMILES string of the molecule is CCCOc1ccc(C(O)=C2C(=O)C(=O)N(c3ccccn3)[C@H]2c2ccc(Cl)cc2)cc1C. The molecule has 1 aliphatic heterocycles. The van der Waals surface area contributed by atoms with Crippen molar-refractivity contribution in [2.24, 2.45) is 0 Å². The van der Waals surface area contributed by atoms with E-state index < -0.39 is 17.7 Å². The fourth-order valence-corrected chi connectivity index (χ4v) is 3.98. The number of aryl methyl sites for hydroxylation is 1. The van der Waals surface area contributed by atoms with Gasteiger partial charge in [-0.3, -0.25) is 14.5 Å². The van der Waals surface area contributed by atoms with Crippen LogP contribution in [0, 0.1) is 6.92 Å². The van der Waals surface area contributed by atoms with Crippen molar-refractivity contribution in [2.45, 2.75) is 26.3 Å². The highest BCUT2D eigenvalue weighted by Gasteiger charge is 2.47. The number of nitrogens with zero attached hydrogens (tertiary/aromatic N) is 2. The molecule has 1 fully saturated rings. The first-order valence-corrected chi connectivity index (χ1v) is 11.0. The summed E-state index contributed by atoms with van der Waals surface area (Å²) in [7, 11) is 0. The first-order chi connectivity index (χ1) is 15.9. The number of Topliss-reactive ketones (excluding diaryl/α,β-unsaturated/α-hetero) is 1. The fraction of sp³-hybridized carbons (Fsp3) is 0.192. The lowest BCUT2D eigenvalue weighted by Crippen LogP contribution is -2.30. The van der Waals surface area contributed by atoms with Crippen molar-refractivity contribution in [2.75, 3.05) is 11.5 Å². The van der Waals surface area contributed by atoms with Crippen LogP contribution in [0.3, 0.4) is 0 Å². The van der Waals surface area contributed by atoms with E-state index in [2.05, 4.69) is 4.98 Å². The summed E-state index contributed by atoms with van der Waals surface area (Å²) in [6.45, 7) is 4.47. The predicted molar refractivity (Wildman–Crippen MR) is 127 cm³/mol. The molecule has 3 aromatic rings. The maximum absolute atomic E-state index is 13.2. The van der Waals surface area contributed by atoms with Crippen LogP contribution in [0.25, 0.3) is 5.76 Å². The molecule has 2 aromatic carbocycles. The Morgan fingerprint density at radius 1 is 1.12 bits per heavy atom. The first kappa shape index (κ1) is 22.6. The number of aliphatic hydroxyl groups excluding tert-OH is 1. The number of amides is 1. The normalized spacial score (nSPS) is 17.4. The molecule has 1 amide bonds. The molecular weight excluding hydrogens is 440 g/mol. The highest BCUT2D eigenvalue weighted by atomic mass is 35.5. The summed E-state index contributed by atoms with van der Waals surface area (Å²) in [5.74, 6) is -0.761. The molecule has 1 saturated heterocycles. The van der Waals surface area contributed by atoms with Crippen LogP contribution in [-0.2, 0) is 9.59 Å². The summed E-state index contributed by atoms with van der Waals surface area (Å²) in [5.41, 5.74) is 1.86. The Morgan fingerprint density at radius 3 is 2.52 bits per heavy atom. The van der Waals surface area contributed by atoms with Crippen LogP contribution in [0.5, 0.6) is 5.75 Å². The topological polar surface area (TPSA) is 79.7 Å². The van der Waals surface area contributed by atoms with E-state index in [1.54, 1.807) is 66.9 Å². The zero-order chi connectivity index (χ0) is 23.5. The molecule has 4 rings (SSSR count). The van der Waals surface area contributed by atoms with Crippen molar-refractivity contribution in [1.29, 1.82) is 0 Å². The number of carbonyl (C=O) groups is 2. The maximum atomic E-state index is 13.2. The molecule has 0 bridgehead atoms. The molecule has 0 unspecified atom stereocenters. The molecule has 0 saturated carbocycles. The molecule has 1 atom stereocenters. The number of halogens is 1. The molecule has 0 spiro atoms. The number of ether oxygens (including phenoxy) is 1. The van der Waals surface area contributed by atoms with Crippen LogP contribution in [-0.4, -0.2) is 28.4 Å². The zero-order valence-electron chi connectivity index (χ0n) is 18.3. The quantitative estimate of drug-likeness (QED) is 0.299. The molecule has 33 heavy (non-hydrogen) atoms. The molecule has 0 radical (unpaired) electrons. The van der Waals surface area contributed by atoms with Gasteiger partial charge in [-0.25, -0.2) is 4.98 Å². The lowest BCUT2D eigenvalue weighted by molar-refractivity contribution is -0.132. The predicted octanol–water partition coefficient (Wildman–Crippen LogP) is 5.46. The molecule has 168 valence electrons. The summed E-state index contributed by atoms with van der Waals surface area (Å²) in [5, 5.41) is 11.8. The lowest BCUT2D eigenvalue weighted by Gasteiger charge is -2.24. The van der Waals surface area contributed by atoms with E-state index in [-0.39, 0.29) is 11.3 Å². The Labute approximate surface area is 197 Å². The van der Waals surface area contributed by atoms with Gasteiger partial charge >= 0.3 is 5.91 Å². The second-order valence-electron chi connectivity index (χ2n) is 7.74. The number of hydrogen-bond donors (Lipinski definition) is 1. The van der Waals surface area contributed by atoms with Crippen LogP contribution < -0.4 is 9.64 Å². The molecule has 7 heteroatoms. The minimum absolute atomic E-state index is 0.00500. The average Bonchev–Trinajstić information content (AvgIpc) is 3.09. The number of aliphatic hydroxyl groups is 1. The number of aromatic nitrogens is 1. The van der Waals surface area contributed by atoms with Crippen LogP contribution in [0.4, 0.5) is 5.82 Å². The molecule has 6 nitrogen and oxygen atoms in total. The molecular formula is C26H23ClN2O4. The second kappa shape index (κ2) is 9.46. The number of carbonyl (C=O) groups excluding carboxylic acids is 2. The third kappa shape index (κ3) is 4.34. The van der Waals surface area contributed by atoms with E-state index in [1.165, 1.54) is 4.90 Å². The minimum Gasteiger partial charge on any atom is -0.507 e. The molecule has 0 aliphatic carbocycles. The van der Waals surface area contributed by atoms with Gasteiger partial charge in [0.2, 0.25) is 0 Å². The fourth-order valence-electron chi connectivity index (χ4n) is 3.85. The van der Waals surface area contributed by atoms with Crippen LogP contribution in [0.1, 0.15) is 36.1 Å². The summed E-state index contributed by atoms with van der Waals surface area (Å²) >= 11 is 6.06. The van der Waals surface area contributed by atoms with Crippen LogP contribution in [0.2, 0.25) is 5.02 Å². The Hall–Kier alpha value is -3.64. The highest BCUT2D eigenvalue weighted by Crippen LogP contribution is 2.42. The monoisotopic (exact) mass is 462 g/mol. The van der Waals surface area contributed by atoms with Crippen molar-refractivity contribution in [1.82, 2.24) is 4.98 Å². The number of benzene rings is 2. The van der Waals surface area contributed by atoms with Gasteiger partial charge in [0.15, 0.2) is 0 Å². The lowest BCUT2D eigenvalue weighted by atomic mass is 9.95. The Kier molecular flexibility index (Phi) is 6.47.